The lowest BCUT2D eigenvalue weighted by Crippen LogP contribution is -2.22. The Labute approximate surface area is 93.4 Å². The van der Waals surface area contributed by atoms with Crippen molar-refractivity contribution in [2.75, 3.05) is 11.9 Å². The summed E-state index contributed by atoms with van der Waals surface area (Å²) in [6.45, 7) is 0.858. The van der Waals surface area contributed by atoms with Gasteiger partial charge in [-0.3, -0.25) is 4.79 Å². The lowest BCUT2D eigenvalue weighted by Gasteiger charge is -2.16. The van der Waals surface area contributed by atoms with Crippen molar-refractivity contribution in [2.24, 2.45) is 0 Å². The predicted molar refractivity (Wildman–Crippen MR) is 58.8 cm³/mol. The third kappa shape index (κ3) is 3.30. The molecular formula is C11H15NO4. The quantitative estimate of drug-likeness (QED) is 0.582. The van der Waals surface area contributed by atoms with E-state index in [1.165, 1.54) is 6.92 Å². The van der Waals surface area contributed by atoms with E-state index in [2.05, 4.69) is 5.32 Å². The van der Waals surface area contributed by atoms with Gasteiger partial charge in [-0.25, -0.2) is 0 Å². The first-order chi connectivity index (χ1) is 7.54. The van der Waals surface area contributed by atoms with Crippen molar-refractivity contribution in [3.63, 3.8) is 0 Å². The van der Waals surface area contributed by atoms with Crippen molar-refractivity contribution in [3.05, 3.63) is 29.8 Å². The summed E-state index contributed by atoms with van der Waals surface area (Å²) in [7, 11) is 0. The molecule has 16 heavy (non-hydrogen) atoms. The van der Waals surface area contributed by atoms with Crippen LogP contribution in [0.3, 0.4) is 0 Å². The van der Waals surface area contributed by atoms with Gasteiger partial charge in [0.1, 0.15) is 12.2 Å². The van der Waals surface area contributed by atoms with Gasteiger partial charge in [-0.2, -0.15) is 0 Å². The van der Waals surface area contributed by atoms with Crippen molar-refractivity contribution < 1.29 is 20.1 Å². The summed E-state index contributed by atoms with van der Waals surface area (Å²) in [5.41, 5.74) is 0.974. The standard InChI is InChI=1S/C11H15NO4/c1-7(14)12-9-4-2-3-8(5-9)11(16)10(15)6-13/h2-5,10-11,13,15-16H,6H2,1H3,(H,12,14). The molecule has 1 aromatic carbocycles. The average Bonchev–Trinajstić information content (AvgIpc) is 2.26. The van der Waals surface area contributed by atoms with E-state index in [0.29, 0.717) is 11.3 Å². The molecule has 0 radical (unpaired) electrons. The van der Waals surface area contributed by atoms with Gasteiger partial charge in [0.05, 0.1) is 6.61 Å². The largest absolute Gasteiger partial charge is 0.394 e. The second-order valence-corrected chi connectivity index (χ2v) is 3.50. The van der Waals surface area contributed by atoms with Gasteiger partial charge in [0.25, 0.3) is 0 Å². The number of hydrogen-bond donors (Lipinski definition) is 4. The third-order valence-electron chi connectivity index (χ3n) is 2.10. The van der Waals surface area contributed by atoms with E-state index < -0.39 is 18.8 Å². The second-order valence-electron chi connectivity index (χ2n) is 3.50. The lowest BCUT2D eigenvalue weighted by molar-refractivity contribution is -0.114. The van der Waals surface area contributed by atoms with E-state index in [9.17, 15) is 15.0 Å². The SMILES string of the molecule is CC(=O)Nc1cccc(C(O)C(O)CO)c1. The Kier molecular flexibility index (Phi) is 4.42. The van der Waals surface area contributed by atoms with Crippen LogP contribution in [0, 0.1) is 0 Å². The molecule has 0 aliphatic carbocycles. The maximum atomic E-state index is 10.8. The van der Waals surface area contributed by atoms with Crippen LogP contribution in [0.2, 0.25) is 0 Å². The van der Waals surface area contributed by atoms with Gasteiger partial charge in [-0.1, -0.05) is 12.1 Å². The topological polar surface area (TPSA) is 89.8 Å². The van der Waals surface area contributed by atoms with Crippen molar-refractivity contribution in [1.82, 2.24) is 0 Å². The number of benzene rings is 1. The summed E-state index contributed by atoms with van der Waals surface area (Å²) in [5, 5.41) is 30.2. The van der Waals surface area contributed by atoms with Crippen molar-refractivity contribution in [3.8, 4) is 0 Å². The second kappa shape index (κ2) is 5.60. The summed E-state index contributed by atoms with van der Waals surface area (Å²) in [4.78, 5) is 10.8. The number of carbonyl (C=O) groups is 1. The molecule has 0 aromatic heterocycles. The van der Waals surface area contributed by atoms with E-state index in [-0.39, 0.29) is 5.91 Å². The first-order valence-corrected chi connectivity index (χ1v) is 4.89. The van der Waals surface area contributed by atoms with Gasteiger partial charge in [-0.15, -0.1) is 0 Å². The highest BCUT2D eigenvalue weighted by Gasteiger charge is 2.17. The van der Waals surface area contributed by atoms with Crippen molar-refractivity contribution >= 4 is 11.6 Å². The molecule has 0 saturated heterocycles. The van der Waals surface area contributed by atoms with Gasteiger partial charge < -0.3 is 20.6 Å². The number of hydrogen-bond acceptors (Lipinski definition) is 4. The molecule has 5 nitrogen and oxygen atoms in total. The molecule has 0 spiro atoms. The first kappa shape index (κ1) is 12.6. The summed E-state index contributed by atoms with van der Waals surface area (Å²) in [6, 6.07) is 6.47. The van der Waals surface area contributed by atoms with E-state index in [1.54, 1.807) is 24.3 Å². The Morgan fingerprint density at radius 1 is 1.44 bits per heavy atom. The summed E-state index contributed by atoms with van der Waals surface area (Å²) in [5.74, 6) is -0.214. The van der Waals surface area contributed by atoms with Gasteiger partial charge in [0.2, 0.25) is 5.91 Å². The van der Waals surface area contributed by atoms with Crippen molar-refractivity contribution in [2.45, 2.75) is 19.1 Å². The summed E-state index contributed by atoms with van der Waals surface area (Å²) >= 11 is 0. The molecule has 1 amide bonds. The first-order valence-electron chi connectivity index (χ1n) is 4.89. The molecule has 1 aromatic rings. The number of carbonyl (C=O) groups excluding carboxylic acids is 1. The Morgan fingerprint density at radius 3 is 2.69 bits per heavy atom. The van der Waals surface area contributed by atoms with Gasteiger partial charge in [-0.05, 0) is 17.7 Å². The van der Waals surface area contributed by atoms with Crippen LogP contribution in [-0.2, 0) is 4.79 Å². The molecule has 4 N–H and O–H groups in total. The van der Waals surface area contributed by atoms with Gasteiger partial charge in [0.15, 0.2) is 0 Å². The molecule has 0 bridgehead atoms. The molecule has 2 atom stereocenters. The molecule has 0 fully saturated rings. The van der Waals surface area contributed by atoms with Crippen LogP contribution in [0.15, 0.2) is 24.3 Å². The minimum atomic E-state index is -1.23. The highest BCUT2D eigenvalue weighted by atomic mass is 16.4. The van der Waals surface area contributed by atoms with Crippen LogP contribution >= 0.6 is 0 Å². The Hall–Kier alpha value is -1.43. The fourth-order valence-corrected chi connectivity index (χ4v) is 1.33. The maximum absolute atomic E-state index is 10.8. The molecular weight excluding hydrogens is 210 g/mol. The zero-order chi connectivity index (χ0) is 12.1. The minimum Gasteiger partial charge on any atom is -0.394 e. The summed E-state index contributed by atoms with van der Waals surface area (Å²) < 4.78 is 0. The molecule has 2 unspecified atom stereocenters. The average molecular weight is 225 g/mol. The molecule has 1 rings (SSSR count). The fraction of sp³-hybridized carbons (Fsp3) is 0.364. The number of rotatable bonds is 4. The molecule has 5 heteroatoms. The smallest absolute Gasteiger partial charge is 0.221 e. The number of amides is 1. The monoisotopic (exact) mass is 225 g/mol. The molecule has 0 aliphatic rings. The maximum Gasteiger partial charge on any atom is 0.221 e. The normalized spacial score (nSPS) is 14.2. The van der Waals surface area contributed by atoms with Crippen LogP contribution in [0.1, 0.15) is 18.6 Å². The number of aliphatic hydroxyl groups excluding tert-OH is 3. The fourth-order valence-electron chi connectivity index (χ4n) is 1.33. The van der Waals surface area contributed by atoms with E-state index in [4.69, 9.17) is 5.11 Å². The zero-order valence-electron chi connectivity index (χ0n) is 8.92. The predicted octanol–water partition coefficient (Wildman–Crippen LogP) is 0.0316. The third-order valence-corrected chi connectivity index (χ3v) is 2.10. The van der Waals surface area contributed by atoms with Crippen LogP contribution in [0.25, 0.3) is 0 Å². The van der Waals surface area contributed by atoms with Crippen LogP contribution in [-0.4, -0.2) is 33.9 Å². The van der Waals surface area contributed by atoms with Gasteiger partial charge >= 0.3 is 0 Å². The lowest BCUT2D eigenvalue weighted by atomic mass is 10.0. The molecule has 0 heterocycles. The van der Waals surface area contributed by atoms with Crippen LogP contribution < -0.4 is 5.32 Å². The highest BCUT2D eigenvalue weighted by Crippen LogP contribution is 2.20. The Bertz CT molecular complexity index is 367. The number of nitrogens with one attached hydrogen (secondary N) is 1. The number of aliphatic hydroxyl groups is 3. The van der Waals surface area contributed by atoms with E-state index in [1.807, 2.05) is 0 Å². The van der Waals surface area contributed by atoms with E-state index in [0.717, 1.165) is 0 Å². The molecule has 0 aliphatic heterocycles. The van der Waals surface area contributed by atoms with Crippen molar-refractivity contribution in [1.29, 1.82) is 0 Å². The molecule has 0 saturated carbocycles. The molecule has 88 valence electrons. The highest BCUT2D eigenvalue weighted by molar-refractivity contribution is 5.88. The Balaban J connectivity index is 2.85. The summed E-state index contributed by atoms with van der Waals surface area (Å²) in [6.07, 6.45) is -2.40. The minimum absolute atomic E-state index is 0.214. The van der Waals surface area contributed by atoms with Gasteiger partial charge in [0, 0.05) is 12.6 Å². The van der Waals surface area contributed by atoms with E-state index >= 15 is 0 Å². The number of anilines is 1. The van der Waals surface area contributed by atoms with Crippen LogP contribution in [0.5, 0.6) is 0 Å². The Morgan fingerprint density at radius 2 is 2.12 bits per heavy atom. The van der Waals surface area contributed by atoms with Crippen LogP contribution in [0.4, 0.5) is 5.69 Å². The zero-order valence-corrected chi connectivity index (χ0v) is 8.92.